The molecule has 1 unspecified atom stereocenters. The highest BCUT2D eigenvalue weighted by molar-refractivity contribution is 8.00. The van der Waals surface area contributed by atoms with Crippen molar-refractivity contribution < 1.29 is 4.79 Å². The van der Waals surface area contributed by atoms with Gasteiger partial charge in [0.2, 0.25) is 5.91 Å². The second-order valence-electron chi connectivity index (χ2n) is 4.03. The van der Waals surface area contributed by atoms with Gasteiger partial charge < -0.3 is 10.6 Å². The van der Waals surface area contributed by atoms with E-state index in [1.54, 1.807) is 0 Å². The summed E-state index contributed by atoms with van der Waals surface area (Å²) in [6.07, 6.45) is 0.496. The molecule has 1 heterocycles. The van der Waals surface area contributed by atoms with Crippen molar-refractivity contribution >= 4 is 17.7 Å². The summed E-state index contributed by atoms with van der Waals surface area (Å²) >= 11 is 1.99. The molecule has 0 radical (unpaired) electrons. The second-order valence-corrected chi connectivity index (χ2v) is 5.38. The van der Waals surface area contributed by atoms with Crippen LogP contribution < -0.4 is 5.73 Å². The minimum atomic E-state index is 0.221. The molecule has 1 saturated heterocycles. The van der Waals surface area contributed by atoms with Gasteiger partial charge in [-0.2, -0.15) is 11.8 Å². The highest BCUT2D eigenvalue weighted by Gasteiger charge is 2.25. The number of hydrogen-bond acceptors (Lipinski definition) is 3. The van der Waals surface area contributed by atoms with Gasteiger partial charge in [0.05, 0.1) is 0 Å². The van der Waals surface area contributed by atoms with Crippen molar-refractivity contribution in [3.63, 3.8) is 0 Å². The number of carbonyl (C=O) groups excluding carboxylic acids is 1. The van der Waals surface area contributed by atoms with E-state index in [0.717, 1.165) is 18.8 Å². The average Bonchev–Trinajstić information content (AvgIpc) is 2.18. The van der Waals surface area contributed by atoms with E-state index in [-0.39, 0.29) is 5.91 Å². The van der Waals surface area contributed by atoms with Gasteiger partial charge in [0.15, 0.2) is 0 Å². The van der Waals surface area contributed by atoms with Gasteiger partial charge in [-0.05, 0) is 5.92 Å². The smallest absolute Gasteiger partial charge is 0.223 e. The normalized spacial score (nSPS) is 22.9. The molecule has 4 heteroatoms. The lowest BCUT2D eigenvalue weighted by atomic mass is 10.1. The van der Waals surface area contributed by atoms with Crippen LogP contribution in [0.2, 0.25) is 0 Å². The van der Waals surface area contributed by atoms with E-state index < -0.39 is 0 Å². The first-order valence-electron chi connectivity index (χ1n) is 5.24. The molecule has 0 bridgehead atoms. The van der Waals surface area contributed by atoms with Crippen molar-refractivity contribution in [2.24, 2.45) is 11.7 Å². The van der Waals surface area contributed by atoms with E-state index in [2.05, 4.69) is 13.8 Å². The zero-order valence-electron chi connectivity index (χ0n) is 9.03. The Bertz CT molecular complexity index is 197. The molecule has 0 aliphatic carbocycles. The first-order valence-corrected chi connectivity index (χ1v) is 6.29. The van der Waals surface area contributed by atoms with Crippen molar-refractivity contribution in [1.29, 1.82) is 0 Å². The van der Waals surface area contributed by atoms with Crippen LogP contribution in [0, 0.1) is 5.92 Å². The summed E-state index contributed by atoms with van der Waals surface area (Å²) < 4.78 is 0. The maximum absolute atomic E-state index is 11.6. The van der Waals surface area contributed by atoms with Gasteiger partial charge in [-0.25, -0.2) is 0 Å². The van der Waals surface area contributed by atoms with E-state index in [0.29, 0.717) is 24.1 Å². The van der Waals surface area contributed by atoms with Crippen LogP contribution in [0.15, 0.2) is 0 Å². The van der Waals surface area contributed by atoms with E-state index in [1.807, 2.05) is 16.7 Å². The maximum Gasteiger partial charge on any atom is 0.223 e. The number of rotatable bonds is 3. The van der Waals surface area contributed by atoms with Crippen molar-refractivity contribution in [2.45, 2.75) is 25.5 Å². The largest absolute Gasteiger partial charge is 0.341 e. The van der Waals surface area contributed by atoms with Crippen LogP contribution in [0.5, 0.6) is 0 Å². The zero-order chi connectivity index (χ0) is 10.6. The highest BCUT2D eigenvalue weighted by Crippen LogP contribution is 2.24. The van der Waals surface area contributed by atoms with E-state index >= 15 is 0 Å². The standard InChI is InChI=1S/C10H20N2OS/c1-8(2)9-7-12(5-6-14-9)10(13)3-4-11/h8-9H,3-7,11H2,1-2H3. The molecule has 14 heavy (non-hydrogen) atoms. The molecule has 3 nitrogen and oxygen atoms in total. The molecule has 0 aromatic heterocycles. The Labute approximate surface area is 90.4 Å². The number of carbonyl (C=O) groups is 1. The van der Waals surface area contributed by atoms with Crippen LogP contribution >= 0.6 is 11.8 Å². The monoisotopic (exact) mass is 216 g/mol. The fraction of sp³-hybridized carbons (Fsp3) is 0.900. The SMILES string of the molecule is CC(C)C1CN(C(=O)CCN)CCS1. The number of thioether (sulfide) groups is 1. The molecule has 0 aromatic rings. The minimum absolute atomic E-state index is 0.221. The Balaban J connectivity index is 2.43. The summed E-state index contributed by atoms with van der Waals surface area (Å²) in [6, 6.07) is 0. The summed E-state index contributed by atoms with van der Waals surface area (Å²) in [5, 5.41) is 0.602. The van der Waals surface area contributed by atoms with E-state index in [1.165, 1.54) is 0 Å². The molecule has 2 N–H and O–H groups in total. The molecule has 1 atom stereocenters. The van der Waals surface area contributed by atoms with Crippen LogP contribution in [-0.4, -0.2) is 41.4 Å². The molecule has 82 valence electrons. The molecule has 0 saturated carbocycles. The van der Waals surface area contributed by atoms with Crippen molar-refractivity contribution in [1.82, 2.24) is 4.90 Å². The predicted octanol–water partition coefficient (Wildman–Crippen LogP) is 0.935. The zero-order valence-corrected chi connectivity index (χ0v) is 9.85. The minimum Gasteiger partial charge on any atom is -0.341 e. The van der Waals surface area contributed by atoms with Gasteiger partial charge in [0, 0.05) is 37.1 Å². The third-order valence-electron chi connectivity index (χ3n) is 2.55. The van der Waals surface area contributed by atoms with Gasteiger partial charge in [-0.15, -0.1) is 0 Å². The van der Waals surface area contributed by atoms with E-state index in [9.17, 15) is 4.79 Å². The third-order valence-corrected chi connectivity index (χ3v) is 4.09. The van der Waals surface area contributed by atoms with Crippen LogP contribution in [0.4, 0.5) is 0 Å². The first-order chi connectivity index (χ1) is 6.65. The van der Waals surface area contributed by atoms with Gasteiger partial charge >= 0.3 is 0 Å². The Kier molecular flexibility index (Phi) is 4.75. The molecule has 1 rings (SSSR count). The lowest BCUT2D eigenvalue weighted by Crippen LogP contribution is -2.44. The third kappa shape index (κ3) is 3.17. The Morgan fingerprint density at radius 1 is 1.64 bits per heavy atom. The van der Waals surface area contributed by atoms with Crippen molar-refractivity contribution in [3.8, 4) is 0 Å². The summed E-state index contributed by atoms with van der Waals surface area (Å²) in [4.78, 5) is 13.6. The molecule has 1 amide bonds. The Morgan fingerprint density at radius 2 is 2.36 bits per heavy atom. The lowest BCUT2D eigenvalue weighted by molar-refractivity contribution is -0.131. The maximum atomic E-state index is 11.6. The van der Waals surface area contributed by atoms with Crippen LogP contribution in [-0.2, 0) is 4.79 Å². The number of nitrogens with two attached hydrogens (primary N) is 1. The molecule has 0 spiro atoms. The number of nitrogens with zero attached hydrogens (tertiary/aromatic N) is 1. The molecular formula is C10H20N2OS. The highest BCUT2D eigenvalue weighted by atomic mass is 32.2. The fourth-order valence-corrected chi connectivity index (χ4v) is 2.89. The molecule has 1 aliphatic heterocycles. The van der Waals surface area contributed by atoms with Crippen LogP contribution in [0.25, 0.3) is 0 Å². The molecule has 1 aliphatic rings. The topological polar surface area (TPSA) is 46.3 Å². The summed E-state index contributed by atoms with van der Waals surface area (Å²) in [5.74, 6) is 1.94. The molecule has 0 aromatic carbocycles. The first kappa shape index (κ1) is 11.9. The van der Waals surface area contributed by atoms with Gasteiger partial charge in [-0.3, -0.25) is 4.79 Å². The van der Waals surface area contributed by atoms with Crippen molar-refractivity contribution in [2.75, 3.05) is 25.4 Å². The van der Waals surface area contributed by atoms with Gasteiger partial charge in [0.1, 0.15) is 0 Å². The average molecular weight is 216 g/mol. The summed E-state index contributed by atoms with van der Waals surface area (Å²) in [5.41, 5.74) is 5.38. The number of hydrogen-bond donors (Lipinski definition) is 1. The quantitative estimate of drug-likeness (QED) is 0.763. The van der Waals surface area contributed by atoms with Crippen LogP contribution in [0.3, 0.4) is 0 Å². The Hall–Kier alpha value is -0.220. The summed E-state index contributed by atoms with van der Waals surface area (Å²) in [7, 11) is 0. The Morgan fingerprint density at radius 3 is 2.93 bits per heavy atom. The van der Waals surface area contributed by atoms with Crippen molar-refractivity contribution in [3.05, 3.63) is 0 Å². The fourth-order valence-electron chi connectivity index (χ4n) is 1.59. The predicted molar refractivity (Wildman–Crippen MR) is 61.3 cm³/mol. The molecular weight excluding hydrogens is 196 g/mol. The van der Waals surface area contributed by atoms with E-state index in [4.69, 9.17) is 5.73 Å². The second kappa shape index (κ2) is 5.61. The van der Waals surface area contributed by atoms with Crippen LogP contribution in [0.1, 0.15) is 20.3 Å². The number of amides is 1. The van der Waals surface area contributed by atoms with Gasteiger partial charge in [-0.1, -0.05) is 13.8 Å². The lowest BCUT2D eigenvalue weighted by Gasteiger charge is -2.34. The van der Waals surface area contributed by atoms with Gasteiger partial charge in [0.25, 0.3) is 0 Å². The molecule has 1 fully saturated rings. The summed E-state index contributed by atoms with van der Waals surface area (Å²) in [6.45, 7) is 6.70.